The molecule has 0 saturated carbocycles. The van der Waals surface area contributed by atoms with Gasteiger partial charge in [-0.1, -0.05) is 54.6 Å². The van der Waals surface area contributed by atoms with Gasteiger partial charge in [-0.3, -0.25) is 0 Å². The van der Waals surface area contributed by atoms with Crippen molar-refractivity contribution in [3.8, 4) is 22.9 Å². The quantitative estimate of drug-likeness (QED) is 0.207. The van der Waals surface area contributed by atoms with Crippen molar-refractivity contribution >= 4 is 26.6 Å². The van der Waals surface area contributed by atoms with Gasteiger partial charge in [-0.2, -0.15) is 0 Å². The molecule has 0 unspecified atom stereocenters. The number of aromatic nitrogens is 3. The number of sulfone groups is 1. The monoisotopic (exact) mass is 597 g/mol. The Morgan fingerprint density at radius 2 is 1.74 bits per heavy atom. The Kier molecular flexibility index (Phi) is 8.31. The van der Waals surface area contributed by atoms with Crippen LogP contribution >= 0.6 is 0 Å². The molecule has 3 aromatic carbocycles. The predicted molar refractivity (Wildman–Crippen MR) is 166 cm³/mol. The third-order valence-corrected chi connectivity index (χ3v) is 9.06. The highest BCUT2D eigenvalue weighted by atomic mass is 32.2. The van der Waals surface area contributed by atoms with Crippen LogP contribution in [0.3, 0.4) is 0 Å². The van der Waals surface area contributed by atoms with E-state index in [1.165, 1.54) is 0 Å². The first-order valence-electron chi connectivity index (χ1n) is 14.3. The van der Waals surface area contributed by atoms with Gasteiger partial charge in [0.25, 0.3) is 0 Å². The van der Waals surface area contributed by atoms with E-state index in [0.717, 1.165) is 25.9 Å². The number of rotatable bonds is 9. The second kappa shape index (κ2) is 12.4. The van der Waals surface area contributed by atoms with Crippen LogP contribution in [0.1, 0.15) is 29.5 Å². The smallest absolute Gasteiger partial charge is 0.228 e. The lowest BCUT2D eigenvalue weighted by Crippen LogP contribution is -2.38. The van der Waals surface area contributed by atoms with Crippen molar-refractivity contribution in [3.05, 3.63) is 108 Å². The van der Waals surface area contributed by atoms with E-state index in [9.17, 15) is 8.42 Å². The SMILES string of the molecule is Cc1c(F)c(CS(=O)(=O)Cc2ccccc2)c2ccccc2c1Oc1ncccc1-c1ccnc(N[C@H]2CCCNC2)n1. The van der Waals surface area contributed by atoms with Crippen molar-refractivity contribution in [1.82, 2.24) is 20.3 Å². The van der Waals surface area contributed by atoms with Crippen molar-refractivity contribution in [2.45, 2.75) is 37.3 Å². The van der Waals surface area contributed by atoms with Crippen molar-refractivity contribution in [2.75, 3.05) is 18.4 Å². The molecule has 2 aromatic heterocycles. The molecular formula is C33H32FN5O3S. The standard InChI is InChI=1S/C33H32FN5O3S/c1-22-30(34)28(21-43(40,41)20-23-9-3-2-4-10-23)25-12-5-6-13-26(25)31(22)42-32-27(14-8-17-36-32)29-15-18-37-33(39-29)38-24-11-7-16-35-19-24/h2-6,8-10,12-15,17-18,24,35H,7,11,16,19-21H2,1H3,(H,37,38,39)/t24-/m0/s1. The number of halogens is 1. The van der Waals surface area contributed by atoms with Gasteiger partial charge in [0, 0.05) is 41.5 Å². The Morgan fingerprint density at radius 1 is 0.953 bits per heavy atom. The summed E-state index contributed by atoms with van der Waals surface area (Å²) in [4.78, 5) is 13.6. The first kappa shape index (κ1) is 28.7. The van der Waals surface area contributed by atoms with Crippen LogP contribution in [0.15, 0.2) is 85.2 Å². The first-order valence-corrected chi connectivity index (χ1v) is 16.1. The van der Waals surface area contributed by atoms with Gasteiger partial charge < -0.3 is 15.4 Å². The second-order valence-electron chi connectivity index (χ2n) is 10.7. The number of fused-ring (bicyclic) bond motifs is 1. The second-order valence-corrected chi connectivity index (χ2v) is 12.8. The van der Waals surface area contributed by atoms with E-state index in [2.05, 4.69) is 20.6 Å². The number of ether oxygens (including phenoxy) is 1. The Morgan fingerprint density at radius 3 is 2.53 bits per heavy atom. The molecule has 0 amide bonds. The summed E-state index contributed by atoms with van der Waals surface area (Å²) in [6.45, 7) is 3.45. The fourth-order valence-corrected chi connectivity index (χ4v) is 6.99. The average Bonchev–Trinajstić information content (AvgIpc) is 3.02. The van der Waals surface area contributed by atoms with E-state index >= 15 is 4.39 Å². The zero-order valence-electron chi connectivity index (χ0n) is 23.8. The van der Waals surface area contributed by atoms with Gasteiger partial charge in [0.1, 0.15) is 11.6 Å². The minimum atomic E-state index is -3.67. The van der Waals surface area contributed by atoms with Crippen molar-refractivity contribution in [1.29, 1.82) is 0 Å². The van der Waals surface area contributed by atoms with E-state index in [-0.39, 0.29) is 34.6 Å². The number of piperidine rings is 1. The highest BCUT2D eigenvalue weighted by molar-refractivity contribution is 7.89. The Balaban J connectivity index is 1.34. The van der Waals surface area contributed by atoms with Gasteiger partial charge in [-0.05, 0) is 55.5 Å². The van der Waals surface area contributed by atoms with Crippen LogP contribution in [0, 0.1) is 12.7 Å². The van der Waals surface area contributed by atoms with Gasteiger partial charge in [-0.25, -0.2) is 27.8 Å². The molecule has 0 aliphatic carbocycles. The molecule has 1 aliphatic rings. The highest BCUT2D eigenvalue weighted by Crippen LogP contribution is 2.40. The minimum Gasteiger partial charge on any atom is -0.437 e. The molecule has 1 saturated heterocycles. The van der Waals surface area contributed by atoms with Gasteiger partial charge in [0.15, 0.2) is 9.84 Å². The fraction of sp³-hybridized carbons (Fsp3) is 0.242. The molecule has 3 heterocycles. The van der Waals surface area contributed by atoms with E-state index in [1.807, 2.05) is 18.2 Å². The molecule has 10 heteroatoms. The van der Waals surface area contributed by atoms with E-state index in [0.29, 0.717) is 33.5 Å². The summed E-state index contributed by atoms with van der Waals surface area (Å²) >= 11 is 0. The highest BCUT2D eigenvalue weighted by Gasteiger charge is 2.24. The zero-order valence-corrected chi connectivity index (χ0v) is 24.6. The van der Waals surface area contributed by atoms with E-state index in [4.69, 9.17) is 9.72 Å². The fourth-order valence-electron chi connectivity index (χ4n) is 5.46. The number of hydrogen-bond acceptors (Lipinski definition) is 8. The topological polar surface area (TPSA) is 106 Å². The molecule has 2 N–H and O–H groups in total. The molecule has 43 heavy (non-hydrogen) atoms. The molecule has 5 aromatic rings. The minimum absolute atomic E-state index is 0.126. The van der Waals surface area contributed by atoms with Gasteiger partial charge in [0.2, 0.25) is 11.8 Å². The largest absolute Gasteiger partial charge is 0.437 e. The summed E-state index contributed by atoms with van der Waals surface area (Å²) in [5.74, 6) is -0.186. The van der Waals surface area contributed by atoms with Crippen LogP contribution in [-0.4, -0.2) is 42.5 Å². The van der Waals surface area contributed by atoms with Crippen molar-refractivity contribution in [2.24, 2.45) is 0 Å². The van der Waals surface area contributed by atoms with Crippen LogP contribution < -0.4 is 15.4 Å². The summed E-state index contributed by atoms with van der Waals surface area (Å²) in [6.07, 6.45) is 5.40. The lowest BCUT2D eigenvalue weighted by Gasteiger charge is -2.23. The maximum atomic E-state index is 16.1. The van der Waals surface area contributed by atoms with Gasteiger partial charge in [-0.15, -0.1) is 0 Å². The molecule has 6 rings (SSSR count). The number of nitrogens with one attached hydrogen (secondary N) is 2. The number of pyridine rings is 1. The number of anilines is 1. The molecule has 1 atom stereocenters. The van der Waals surface area contributed by atoms with E-state index < -0.39 is 21.4 Å². The van der Waals surface area contributed by atoms with Crippen LogP contribution in [0.4, 0.5) is 10.3 Å². The summed E-state index contributed by atoms with van der Waals surface area (Å²) in [5, 5.41) is 7.84. The van der Waals surface area contributed by atoms with Crippen LogP contribution in [0.2, 0.25) is 0 Å². The van der Waals surface area contributed by atoms with Gasteiger partial charge in [0.05, 0.1) is 22.8 Å². The van der Waals surface area contributed by atoms with Crippen LogP contribution in [0.25, 0.3) is 22.0 Å². The van der Waals surface area contributed by atoms with Gasteiger partial charge >= 0.3 is 0 Å². The lowest BCUT2D eigenvalue weighted by atomic mass is 10.00. The summed E-state index contributed by atoms with van der Waals surface area (Å²) in [7, 11) is -3.67. The third kappa shape index (κ3) is 6.50. The number of nitrogens with zero attached hydrogens (tertiary/aromatic N) is 3. The number of hydrogen-bond donors (Lipinski definition) is 2. The van der Waals surface area contributed by atoms with E-state index in [1.54, 1.807) is 73.9 Å². The van der Waals surface area contributed by atoms with Crippen molar-refractivity contribution in [3.63, 3.8) is 0 Å². The van der Waals surface area contributed by atoms with Crippen LogP contribution in [0.5, 0.6) is 11.6 Å². The molecule has 0 radical (unpaired) electrons. The zero-order chi connectivity index (χ0) is 29.8. The normalized spacial score (nSPS) is 15.3. The van der Waals surface area contributed by atoms with Crippen molar-refractivity contribution < 1.29 is 17.5 Å². The average molecular weight is 598 g/mol. The molecule has 1 aliphatic heterocycles. The summed E-state index contributed by atoms with van der Waals surface area (Å²) in [6, 6.07) is 21.7. The summed E-state index contributed by atoms with van der Waals surface area (Å²) in [5.41, 5.74) is 2.21. The number of benzene rings is 3. The Labute approximate surface area is 250 Å². The molecule has 1 fully saturated rings. The first-order chi connectivity index (χ1) is 20.9. The Bertz CT molecular complexity index is 1860. The molecule has 0 bridgehead atoms. The van der Waals surface area contributed by atoms with Crippen LogP contribution in [-0.2, 0) is 21.3 Å². The molecule has 0 spiro atoms. The third-order valence-electron chi connectivity index (χ3n) is 7.56. The predicted octanol–water partition coefficient (Wildman–Crippen LogP) is 6.21. The molecule has 8 nitrogen and oxygen atoms in total. The lowest BCUT2D eigenvalue weighted by molar-refractivity contribution is 0.460. The maximum Gasteiger partial charge on any atom is 0.228 e. The summed E-state index contributed by atoms with van der Waals surface area (Å²) < 4.78 is 48.8. The molecule has 220 valence electrons. The maximum absolute atomic E-state index is 16.1. The Hall–Kier alpha value is -4.41. The molecular weight excluding hydrogens is 565 g/mol.